The van der Waals surface area contributed by atoms with Crippen molar-refractivity contribution in [3.63, 3.8) is 0 Å². The Labute approximate surface area is 153 Å². The van der Waals surface area contributed by atoms with Crippen molar-refractivity contribution in [1.82, 2.24) is 0 Å². The lowest BCUT2D eigenvalue weighted by atomic mass is 9.83. The van der Waals surface area contributed by atoms with Gasteiger partial charge in [0.15, 0.2) is 5.78 Å². The normalized spacial score (nSPS) is 18.4. The summed E-state index contributed by atoms with van der Waals surface area (Å²) in [4.78, 5) is 18.5. The third-order valence-corrected chi connectivity index (χ3v) is 5.14. The van der Waals surface area contributed by atoms with Crippen LogP contribution >= 0.6 is 11.8 Å². The maximum atomic E-state index is 12.4. The molecular formula is C20H24N2O2S. The zero-order chi connectivity index (χ0) is 18.6. The van der Waals surface area contributed by atoms with E-state index < -0.39 is 0 Å². The van der Waals surface area contributed by atoms with E-state index in [1.54, 1.807) is 13.0 Å². The second kappa shape index (κ2) is 7.74. The zero-order valence-corrected chi connectivity index (χ0v) is 15.9. The Kier molecular flexibility index (Phi) is 5.90. The number of rotatable bonds is 5. The summed E-state index contributed by atoms with van der Waals surface area (Å²) in [7, 11) is 1.99. The summed E-state index contributed by atoms with van der Waals surface area (Å²) < 4.78 is 0. The first-order valence-corrected chi connectivity index (χ1v) is 9.04. The molecule has 2 rings (SSSR count). The van der Waals surface area contributed by atoms with Gasteiger partial charge in [-0.25, -0.2) is 4.99 Å². The van der Waals surface area contributed by atoms with E-state index in [2.05, 4.69) is 42.5 Å². The van der Waals surface area contributed by atoms with Crippen LogP contribution in [0, 0.1) is 0 Å². The fourth-order valence-corrected chi connectivity index (χ4v) is 3.56. The van der Waals surface area contributed by atoms with Crippen LogP contribution in [0.25, 0.3) is 0 Å². The molecule has 0 fully saturated rings. The van der Waals surface area contributed by atoms with E-state index in [0.29, 0.717) is 5.04 Å². The molecule has 1 aliphatic rings. The second-order valence-electron chi connectivity index (χ2n) is 6.38. The van der Waals surface area contributed by atoms with E-state index >= 15 is 0 Å². The highest BCUT2D eigenvalue weighted by atomic mass is 32.2. The van der Waals surface area contributed by atoms with Crippen molar-refractivity contribution in [3.05, 3.63) is 66.2 Å². The fraction of sp³-hybridized carbons (Fsp3) is 0.300. The van der Waals surface area contributed by atoms with E-state index in [1.165, 1.54) is 29.5 Å². The van der Waals surface area contributed by atoms with Crippen LogP contribution in [0.15, 0.2) is 65.6 Å². The molecule has 5 heteroatoms. The van der Waals surface area contributed by atoms with Crippen molar-refractivity contribution in [2.45, 2.75) is 26.2 Å². The number of fused-ring (bicyclic) bond motifs is 1. The fourth-order valence-electron chi connectivity index (χ4n) is 2.96. The van der Waals surface area contributed by atoms with E-state index in [1.807, 2.05) is 19.2 Å². The van der Waals surface area contributed by atoms with Gasteiger partial charge in [0.2, 0.25) is 5.88 Å². The summed E-state index contributed by atoms with van der Waals surface area (Å²) in [6.45, 7) is 9.52. The van der Waals surface area contributed by atoms with Crippen molar-refractivity contribution < 1.29 is 9.90 Å². The summed E-state index contributed by atoms with van der Waals surface area (Å²) in [5.41, 5.74) is 3.14. The number of hydrogen-bond donors (Lipinski definition) is 1. The number of nitrogens with zero attached hydrogens (tertiary/aromatic N) is 2. The van der Waals surface area contributed by atoms with Gasteiger partial charge in [-0.1, -0.05) is 44.7 Å². The molecule has 1 heterocycles. The number of aliphatic imine (C=N–C) groups is 1. The highest BCUT2D eigenvalue weighted by Gasteiger charge is 2.38. The minimum Gasteiger partial charge on any atom is -0.493 e. The topological polar surface area (TPSA) is 52.9 Å². The molecule has 0 radical (unpaired) electrons. The Balaban J connectivity index is 2.12. The summed E-state index contributed by atoms with van der Waals surface area (Å²) in [5.74, 6) is 0.188. The number of para-hydroxylation sites is 1. The SMILES string of the molecule is C=C/C=C(O)\N=C(/C)SCC(=O)/C=C1/N(C)c2ccccc2C1(C)C. The van der Waals surface area contributed by atoms with Gasteiger partial charge in [0, 0.05) is 29.9 Å². The average molecular weight is 356 g/mol. The molecule has 0 saturated heterocycles. The number of aliphatic hydroxyl groups excluding tert-OH is 1. The maximum Gasteiger partial charge on any atom is 0.211 e. The minimum absolute atomic E-state index is 0.0227. The predicted molar refractivity (Wildman–Crippen MR) is 107 cm³/mol. The van der Waals surface area contributed by atoms with Gasteiger partial charge in [-0.3, -0.25) is 4.79 Å². The number of ketones is 1. The van der Waals surface area contributed by atoms with E-state index in [-0.39, 0.29) is 22.8 Å². The average Bonchev–Trinajstić information content (AvgIpc) is 2.75. The molecule has 0 spiro atoms. The molecule has 1 N–H and O–H groups in total. The van der Waals surface area contributed by atoms with Crippen LogP contribution in [0.4, 0.5) is 5.69 Å². The van der Waals surface area contributed by atoms with E-state index in [9.17, 15) is 9.90 Å². The zero-order valence-electron chi connectivity index (χ0n) is 15.1. The molecule has 0 unspecified atom stereocenters. The molecular weight excluding hydrogens is 332 g/mol. The second-order valence-corrected chi connectivity index (χ2v) is 7.55. The van der Waals surface area contributed by atoms with Gasteiger partial charge in [-0.15, -0.1) is 11.8 Å². The molecule has 0 bridgehead atoms. The number of aliphatic hydroxyl groups is 1. The molecule has 1 aromatic carbocycles. The van der Waals surface area contributed by atoms with Crippen molar-refractivity contribution in [3.8, 4) is 0 Å². The number of allylic oxidation sites excluding steroid dienone is 4. The Morgan fingerprint density at radius 1 is 1.40 bits per heavy atom. The highest BCUT2D eigenvalue weighted by molar-refractivity contribution is 8.14. The lowest BCUT2D eigenvalue weighted by Gasteiger charge is -2.23. The van der Waals surface area contributed by atoms with E-state index in [4.69, 9.17) is 0 Å². The van der Waals surface area contributed by atoms with Crippen molar-refractivity contribution in [1.29, 1.82) is 0 Å². The van der Waals surface area contributed by atoms with Gasteiger partial charge in [0.1, 0.15) is 0 Å². The monoisotopic (exact) mass is 356 g/mol. The molecule has 1 aliphatic heterocycles. The first-order chi connectivity index (χ1) is 11.8. The first kappa shape index (κ1) is 19.1. The van der Waals surface area contributed by atoms with Crippen LogP contribution in [-0.4, -0.2) is 28.7 Å². The van der Waals surface area contributed by atoms with Crippen molar-refractivity contribution in [2.75, 3.05) is 17.7 Å². The highest BCUT2D eigenvalue weighted by Crippen LogP contribution is 2.46. The number of likely N-dealkylation sites (N-methyl/N-ethyl adjacent to an activating group) is 1. The van der Waals surface area contributed by atoms with Crippen LogP contribution in [0.5, 0.6) is 0 Å². The summed E-state index contributed by atoms with van der Waals surface area (Å²) in [6, 6.07) is 8.22. The third-order valence-electron chi connectivity index (χ3n) is 4.20. The molecule has 25 heavy (non-hydrogen) atoms. The largest absolute Gasteiger partial charge is 0.493 e. The molecule has 132 valence electrons. The van der Waals surface area contributed by atoms with Gasteiger partial charge in [0.05, 0.1) is 10.8 Å². The van der Waals surface area contributed by atoms with Crippen LogP contribution < -0.4 is 4.90 Å². The van der Waals surface area contributed by atoms with Crippen LogP contribution in [0.3, 0.4) is 0 Å². The predicted octanol–water partition coefficient (Wildman–Crippen LogP) is 4.60. The van der Waals surface area contributed by atoms with Gasteiger partial charge in [-0.05, 0) is 24.6 Å². The molecule has 0 aromatic heterocycles. The minimum atomic E-state index is -0.209. The number of anilines is 1. The van der Waals surface area contributed by atoms with Crippen molar-refractivity contribution in [2.24, 2.45) is 4.99 Å². The number of carbonyl (C=O) groups excluding carboxylic acids is 1. The Hall–Kier alpha value is -2.27. The quantitative estimate of drug-likeness (QED) is 0.275. The van der Waals surface area contributed by atoms with Crippen LogP contribution in [0.2, 0.25) is 0 Å². The maximum absolute atomic E-state index is 12.4. The molecule has 4 nitrogen and oxygen atoms in total. The smallest absolute Gasteiger partial charge is 0.211 e. The first-order valence-electron chi connectivity index (χ1n) is 8.05. The van der Waals surface area contributed by atoms with Gasteiger partial charge < -0.3 is 10.0 Å². The van der Waals surface area contributed by atoms with Crippen LogP contribution in [0.1, 0.15) is 26.3 Å². The Morgan fingerprint density at radius 2 is 2.08 bits per heavy atom. The standard InChI is InChI=1S/C20H24N2O2S/c1-6-9-19(24)21-14(2)25-13-15(23)12-18-20(3,4)16-10-7-8-11-17(16)22(18)5/h6-12,24H,1,13H2,2-5H3/b18-12+,19-9+,21-14+. The van der Waals surface area contributed by atoms with Gasteiger partial charge in [-0.2, -0.15) is 0 Å². The molecule has 1 aromatic rings. The summed E-state index contributed by atoms with van der Waals surface area (Å²) in [6.07, 6.45) is 4.59. The lowest BCUT2D eigenvalue weighted by molar-refractivity contribution is -0.112. The summed E-state index contributed by atoms with van der Waals surface area (Å²) >= 11 is 1.31. The van der Waals surface area contributed by atoms with Gasteiger partial charge in [0.25, 0.3) is 0 Å². The number of thioether (sulfide) groups is 1. The summed E-state index contributed by atoms with van der Waals surface area (Å²) in [5, 5.41) is 10.1. The van der Waals surface area contributed by atoms with Crippen molar-refractivity contribution >= 4 is 28.3 Å². The number of carbonyl (C=O) groups is 1. The molecule has 0 saturated carbocycles. The van der Waals surface area contributed by atoms with Crippen LogP contribution in [-0.2, 0) is 10.2 Å². The van der Waals surface area contributed by atoms with E-state index in [0.717, 1.165) is 11.4 Å². The van der Waals surface area contributed by atoms with Gasteiger partial charge >= 0.3 is 0 Å². The Morgan fingerprint density at radius 3 is 2.72 bits per heavy atom. The molecule has 0 atom stereocenters. The third kappa shape index (κ3) is 4.23. The number of hydrogen-bond acceptors (Lipinski definition) is 5. The molecule has 0 amide bonds. The Bertz CT molecular complexity index is 776. The lowest BCUT2D eigenvalue weighted by Crippen LogP contribution is -2.24. The molecule has 0 aliphatic carbocycles. The number of benzene rings is 1.